The molecular weight excluding hydrogens is 502 g/mol. The predicted molar refractivity (Wildman–Crippen MR) is 152 cm³/mol. The number of carbonyl (C=O) groups excluding carboxylic acids is 3. The van der Waals surface area contributed by atoms with Crippen molar-refractivity contribution in [3.05, 3.63) is 64.0 Å². The van der Waals surface area contributed by atoms with E-state index in [0.717, 1.165) is 27.1 Å². The van der Waals surface area contributed by atoms with Crippen LogP contribution >= 0.6 is 11.3 Å². The summed E-state index contributed by atoms with van der Waals surface area (Å²) in [6, 6.07) is 11.9. The van der Waals surface area contributed by atoms with Crippen molar-refractivity contribution in [1.82, 2.24) is 5.32 Å². The molecule has 38 heavy (non-hydrogen) atoms. The Bertz CT molecular complexity index is 1290. The number of benzene rings is 2. The number of aryl methyl sites for hydroxylation is 3. The number of rotatable bonds is 9. The highest BCUT2D eigenvalue weighted by Gasteiger charge is 2.29. The van der Waals surface area contributed by atoms with Crippen molar-refractivity contribution in [3.63, 3.8) is 0 Å². The van der Waals surface area contributed by atoms with Gasteiger partial charge < -0.3 is 25.4 Å². The Kier molecular flexibility index (Phi) is 9.52. The Morgan fingerprint density at radius 3 is 2.13 bits per heavy atom. The third-order valence-corrected chi connectivity index (χ3v) is 7.61. The number of methoxy groups -OCH3 is 2. The summed E-state index contributed by atoms with van der Waals surface area (Å²) < 4.78 is 10.2. The second-order valence-electron chi connectivity index (χ2n) is 9.29. The molecule has 0 saturated heterocycles. The quantitative estimate of drug-likeness (QED) is 0.277. The molecule has 0 aliphatic carbocycles. The topological polar surface area (TPSA) is 106 Å². The summed E-state index contributed by atoms with van der Waals surface area (Å²) in [5, 5.41) is 8.56. The van der Waals surface area contributed by atoms with Crippen LogP contribution in [0.5, 0.6) is 5.75 Å². The first-order valence-corrected chi connectivity index (χ1v) is 13.2. The molecule has 8 nitrogen and oxygen atoms in total. The zero-order valence-corrected chi connectivity index (χ0v) is 23.7. The zero-order chi connectivity index (χ0) is 28.0. The average Bonchev–Trinajstić information content (AvgIpc) is 3.32. The van der Waals surface area contributed by atoms with Gasteiger partial charge in [0.05, 0.1) is 19.9 Å². The van der Waals surface area contributed by atoms with Crippen molar-refractivity contribution >= 4 is 40.6 Å². The van der Waals surface area contributed by atoms with E-state index in [1.54, 1.807) is 13.2 Å². The van der Waals surface area contributed by atoms with Crippen LogP contribution in [0.1, 0.15) is 46.6 Å². The minimum absolute atomic E-state index is 0.139. The standard InChI is InChI=1S/C29H35N3O5S/c1-8-17(3)25(28(34)37-7)31-27(33)26-22(15-23(38-26)20-9-11-21(36-6)12-10-20)30-29(35)32-24-18(4)13-16(2)14-19(24)5/h9-15,17,25H,8H2,1-7H3,(H,31,33)(H2,30,32,35)/t17-,25-/m0/s1. The van der Waals surface area contributed by atoms with Crippen molar-refractivity contribution in [2.24, 2.45) is 5.92 Å². The van der Waals surface area contributed by atoms with E-state index in [2.05, 4.69) is 16.0 Å². The van der Waals surface area contributed by atoms with Gasteiger partial charge in [0.25, 0.3) is 5.91 Å². The summed E-state index contributed by atoms with van der Waals surface area (Å²) in [5.41, 5.74) is 4.89. The maximum atomic E-state index is 13.4. The van der Waals surface area contributed by atoms with E-state index in [4.69, 9.17) is 9.47 Å². The van der Waals surface area contributed by atoms with Crippen LogP contribution in [-0.2, 0) is 9.53 Å². The van der Waals surface area contributed by atoms with E-state index < -0.39 is 23.9 Å². The SMILES string of the molecule is CC[C@H](C)[C@H](NC(=O)c1sc(-c2ccc(OC)cc2)cc1NC(=O)Nc1c(C)cc(C)cc1C)C(=O)OC. The maximum absolute atomic E-state index is 13.4. The van der Waals surface area contributed by atoms with Crippen molar-refractivity contribution in [1.29, 1.82) is 0 Å². The molecule has 0 aliphatic heterocycles. The third-order valence-electron chi connectivity index (χ3n) is 6.43. The molecule has 1 aromatic heterocycles. The zero-order valence-electron chi connectivity index (χ0n) is 22.9. The highest BCUT2D eigenvalue weighted by molar-refractivity contribution is 7.18. The molecule has 0 unspecified atom stereocenters. The predicted octanol–water partition coefficient (Wildman–Crippen LogP) is 6.31. The highest BCUT2D eigenvalue weighted by atomic mass is 32.1. The lowest BCUT2D eigenvalue weighted by molar-refractivity contribution is -0.144. The van der Waals surface area contributed by atoms with Gasteiger partial charge in [0.1, 0.15) is 16.7 Å². The van der Waals surface area contributed by atoms with Crippen molar-refractivity contribution < 1.29 is 23.9 Å². The molecule has 9 heteroatoms. The molecule has 1 heterocycles. The Morgan fingerprint density at radius 1 is 0.947 bits per heavy atom. The fraction of sp³-hybridized carbons (Fsp3) is 0.345. The van der Waals surface area contributed by atoms with Gasteiger partial charge >= 0.3 is 12.0 Å². The molecule has 0 aliphatic rings. The molecular formula is C29H35N3O5S. The van der Waals surface area contributed by atoms with Crippen LogP contribution in [0.4, 0.5) is 16.2 Å². The number of esters is 1. The van der Waals surface area contributed by atoms with E-state index in [-0.39, 0.29) is 10.8 Å². The van der Waals surface area contributed by atoms with Gasteiger partial charge in [-0.05, 0) is 73.7 Å². The fourth-order valence-corrected chi connectivity index (χ4v) is 5.22. The number of carbonyl (C=O) groups is 3. The summed E-state index contributed by atoms with van der Waals surface area (Å²) in [4.78, 5) is 40.0. The first-order chi connectivity index (χ1) is 18.1. The smallest absolute Gasteiger partial charge is 0.328 e. The number of hydrogen-bond donors (Lipinski definition) is 3. The second-order valence-corrected chi connectivity index (χ2v) is 10.3. The van der Waals surface area contributed by atoms with Crippen LogP contribution in [-0.4, -0.2) is 38.2 Å². The van der Waals surface area contributed by atoms with Gasteiger partial charge in [-0.2, -0.15) is 0 Å². The monoisotopic (exact) mass is 537 g/mol. The number of anilines is 2. The Balaban J connectivity index is 1.95. The van der Waals surface area contributed by atoms with Gasteiger partial charge in [-0.3, -0.25) is 4.79 Å². The number of urea groups is 1. The summed E-state index contributed by atoms with van der Waals surface area (Å²) >= 11 is 1.22. The molecule has 0 fully saturated rings. The van der Waals surface area contributed by atoms with Gasteiger partial charge in [0, 0.05) is 10.6 Å². The first-order valence-electron chi connectivity index (χ1n) is 12.4. The van der Waals surface area contributed by atoms with Crippen molar-refractivity contribution in [3.8, 4) is 16.2 Å². The van der Waals surface area contributed by atoms with E-state index in [0.29, 0.717) is 23.5 Å². The molecule has 3 aromatic rings. The fourth-order valence-electron chi connectivity index (χ4n) is 4.20. The largest absolute Gasteiger partial charge is 0.497 e. The van der Waals surface area contributed by atoms with E-state index in [1.165, 1.54) is 18.4 Å². The molecule has 2 aromatic carbocycles. The van der Waals surface area contributed by atoms with Gasteiger partial charge in [-0.1, -0.05) is 38.0 Å². The second kappa shape index (κ2) is 12.6. The van der Waals surface area contributed by atoms with E-state index in [1.807, 2.05) is 71.0 Å². The number of hydrogen-bond acceptors (Lipinski definition) is 6. The van der Waals surface area contributed by atoms with E-state index in [9.17, 15) is 14.4 Å². The van der Waals surface area contributed by atoms with Crippen LogP contribution in [0.2, 0.25) is 0 Å². The molecule has 0 bridgehead atoms. The normalized spacial score (nSPS) is 12.3. The Labute approximate surface area is 227 Å². The van der Waals surface area contributed by atoms with Crippen LogP contribution in [0.25, 0.3) is 10.4 Å². The van der Waals surface area contributed by atoms with Crippen molar-refractivity contribution in [2.45, 2.75) is 47.1 Å². The number of amides is 3. The average molecular weight is 538 g/mol. The molecule has 3 N–H and O–H groups in total. The minimum atomic E-state index is -0.816. The van der Waals surface area contributed by atoms with Crippen LogP contribution in [0.15, 0.2) is 42.5 Å². The maximum Gasteiger partial charge on any atom is 0.328 e. The third kappa shape index (κ3) is 6.72. The Hall–Kier alpha value is -3.85. The lowest BCUT2D eigenvalue weighted by atomic mass is 9.99. The summed E-state index contributed by atoms with van der Waals surface area (Å²) in [6.07, 6.45) is 0.671. The first kappa shape index (κ1) is 28.7. The van der Waals surface area contributed by atoms with Gasteiger partial charge in [0.2, 0.25) is 0 Å². The number of ether oxygens (including phenoxy) is 2. The van der Waals surface area contributed by atoms with Gasteiger partial charge in [-0.25, -0.2) is 9.59 Å². The van der Waals surface area contributed by atoms with Crippen LogP contribution in [0.3, 0.4) is 0 Å². The number of nitrogens with one attached hydrogen (secondary N) is 3. The highest BCUT2D eigenvalue weighted by Crippen LogP contribution is 2.36. The molecule has 3 rings (SSSR count). The molecule has 3 amide bonds. The lowest BCUT2D eigenvalue weighted by Crippen LogP contribution is -2.45. The Morgan fingerprint density at radius 2 is 1.58 bits per heavy atom. The van der Waals surface area contributed by atoms with Gasteiger partial charge in [-0.15, -0.1) is 11.3 Å². The molecule has 202 valence electrons. The molecule has 0 spiro atoms. The van der Waals surface area contributed by atoms with E-state index >= 15 is 0 Å². The number of thiophene rings is 1. The lowest BCUT2D eigenvalue weighted by Gasteiger charge is -2.21. The van der Waals surface area contributed by atoms with Gasteiger partial charge in [0.15, 0.2) is 0 Å². The summed E-state index contributed by atoms with van der Waals surface area (Å²) in [7, 11) is 2.89. The summed E-state index contributed by atoms with van der Waals surface area (Å²) in [6.45, 7) is 9.68. The van der Waals surface area contributed by atoms with Crippen LogP contribution < -0.4 is 20.7 Å². The molecule has 2 atom stereocenters. The summed E-state index contributed by atoms with van der Waals surface area (Å²) in [5.74, 6) is -0.417. The minimum Gasteiger partial charge on any atom is -0.497 e. The van der Waals surface area contributed by atoms with Crippen molar-refractivity contribution in [2.75, 3.05) is 24.9 Å². The van der Waals surface area contributed by atoms with Crippen LogP contribution in [0, 0.1) is 26.7 Å². The molecule has 0 radical (unpaired) electrons. The molecule has 0 saturated carbocycles.